The minimum atomic E-state index is -0.536. The summed E-state index contributed by atoms with van der Waals surface area (Å²) in [5, 5.41) is 9.28. The van der Waals surface area contributed by atoms with Crippen LogP contribution in [0.3, 0.4) is 0 Å². The molecule has 1 fully saturated rings. The van der Waals surface area contributed by atoms with Gasteiger partial charge in [-0.25, -0.2) is 4.79 Å². The van der Waals surface area contributed by atoms with Crippen LogP contribution in [0.5, 0.6) is 5.75 Å². The van der Waals surface area contributed by atoms with Crippen LogP contribution >= 0.6 is 0 Å². The van der Waals surface area contributed by atoms with Gasteiger partial charge in [-0.3, -0.25) is 4.79 Å². The zero-order valence-electron chi connectivity index (χ0n) is 14.1. The van der Waals surface area contributed by atoms with Gasteiger partial charge in [0.1, 0.15) is 18.4 Å². The van der Waals surface area contributed by atoms with Crippen molar-refractivity contribution in [3.63, 3.8) is 0 Å². The second-order valence-corrected chi connectivity index (χ2v) is 6.34. The van der Waals surface area contributed by atoms with Crippen molar-refractivity contribution >= 4 is 11.9 Å². The largest absolute Gasteiger partial charge is 0.508 e. The van der Waals surface area contributed by atoms with E-state index < -0.39 is 6.04 Å². The second-order valence-electron chi connectivity index (χ2n) is 6.34. The fourth-order valence-corrected chi connectivity index (χ4v) is 2.91. The Morgan fingerprint density at radius 3 is 2.44 bits per heavy atom. The highest BCUT2D eigenvalue weighted by Crippen LogP contribution is 2.23. The topological polar surface area (TPSA) is 66.8 Å². The maximum absolute atomic E-state index is 12.4. The number of aryl methyl sites for hydroxylation is 1. The molecule has 2 aromatic rings. The summed E-state index contributed by atoms with van der Waals surface area (Å²) in [6.45, 7) is 2.55. The van der Waals surface area contributed by atoms with Crippen molar-refractivity contribution in [2.45, 2.75) is 39.0 Å². The highest BCUT2D eigenvalue weighted by atomic mass is 16.5. The van der Waals surface area contributed by atoms with Crippen molar-refractivity contribution in [2.75, 3.05) is 0 Å². The predicted molar refractivity (Wildman–Crippen MR) is 92.7 cm³/mol. The van der Waals surface area contributed by atoms with Crippen LogP contribution in [0.25, 0.3) is 0 Å². The molecule has 1 saturated heterocycles. The first-order chi connectivity index (χ1) is 12.0. The first-order valence-electron chi connectivity index (χ1n) is 8.32. The summed E-state index contributed by atoms with van der Waals surface area (Å²) in [7, 11) is 0. The average molecular weight is 339 g/mol. The quantitative estimate of drug-likeness (QED) is 0.851. The molecule has 1 atom stereocenters. The number of nitrogens with zero attached hydrogens (tertiary/aromatic N) is 1. The van der Waals surface area contributed by atoms with Gasteiger partial charge in [0.2, 0.25) is 5.91 Å². The first kappa shape index (κ1) is 17.0. The summed E-state index contributed by atoms with van der Waals surface area (Å²) in [4.78, 5) is 26.2. The molecule has 1 heterocycles. The second kappa shape index (κ2) is 7.38. The Morgan fingerprint density at radius 1 is 1.12 bits per heavy atom. The minimum absolute atomic E-state index is 0.0211. The summed E-state index contributed by atoms with van der Waals surface area (Å²) in [5.74, 6) is -0.237. The number of ether oxygens (including phenoxy) is 1. The molecule has 1 aliphatic heterocycles. The van der Waals surface area contributed by atoms with Crippen LogP contribution in [0.1, 0.15) is 29.5 Å². The zero-order valence-corrected chi connectivity index (χ0v) is 14.1. The maximum atomic E-state index is 12.4. The molecule has 0 saturated carbocycles. The van der Waals surface area contributed by atoms with E-state index in [0.29, 0.717) is 19.4 Å². The molecule has 3 rings (SSSR count). The van der Waals surface area contributed by atoms with Crippen LogP contribution in [0, 0.1) is 6.92 Å². The van der Waals surface area contributed by atoms with Crippen molar-refractivity contribution < 1.29 is 19.4 Å². The first-order valence-corrected chi connectivity index (χ1v) is 8.32. The lowest BCUT2D eigenvalue weighted by molar-refractivity contribution is -0.153. The number of hydrogen-bond donors (Lipinski definition) is 1. The van der Waals surface area contributed by atoms with E-state index in [1.54, 1.807) is 29.2 Å². The number of amides is 1. The highest BCUT2D eigenvalue weighted by molar-refractivity contribution is 5.88. The number of rotatable bonds is 5. The van der Waals surface area contributed by atoms with E-state index in [2.05, 4.69) is 0 Å². The molecule has 0 aliphatic carbocycles. The number of aromatic hydroxyl groups is 1. The van der Waals surface area contributed by atoms with Gasteiger partial charge in [0.15, 0.2) is 0 Å². The SMILES string of the molecule is Cc1ccc(CN2C(=O)CC[C@H]2C(=O)OCc2ccc(O)cc2)cc1. The van der Waals surface area contributed by atoms with E-state index in [0.717, 1.165) is 16.7 Å². The lowest BCUT2D eigenvalue weighted by atomic mass is 10.1. The number of likely N-dealkylation sites (tertiary alicyclic amines) is 1. The summed E-state index contributed by atoms with van der Waals surface area (Å²) < 4.78 is 5.37. The molecule has 5 nitrogen and oxygen atoms in total. The molecule has 0 aromatic heterocycles. The molecular weight excluding hydrogens is 318 g/mol. The molecular formula is C20H21NO4. The smallest absolute Gasteiger partial charge is 0.329 e. The van der Waals surface area contributed by atoms with Crippen LogP contribution in [0.2, 0.25) is 0 Å². The van der Waals surface area contributed by atoms with Gasteiger partial charge in [0, 0.05) is 13.0 Å². The van der Waals surface area contributed by atoms with Gasteiger partial charge in [-0.2, -0.15) is 0 Å². The Balaban J connectivity index is 1.62. The Bertz CT molecular complexity index is 752. The Hall–Kier alpha value is -2.82. The molecule has 2 aromatic carbocycles. The molecule has 0 bridgehead atoms. The van der Waals surface area contributed by atoms with Crippen LogP contribution in [-0.4, -0.2) is 27.9 Å². The van der Waals surface area contributed by atoms with Crippen molar-refractivity contribution in [3.05, 3.63) is 65.2 Å². The Morgan fingerprint density at radius 2 is 1.76 bits per heavy atom. The van der Waals surface area contributed by atoms with E-state index in [-0.39, 0.29) is 24.2 Å². The Kier molecular flexibility index (Phi) is 5.03. The zero-order chi connectivity index (χ0) is 17.8. The van der Waals surface area contributed by atoms with Crippen molar-refractivity contribution in [1.82, 2.24) is 4.90 Å². The molecule has 5 heteroatoms. The van der Waals surface area contributed by atoms with E-state index in [9.17, 15) is 14.7 Å². The third-order valence-corrected chi connectivity index (χ3v) is 4.39. The monoisotopic (exact) mass is 339 g/mol. The molecule has 25 heavy (non-hydrogen) atoms. The molecule has 0 spiro atoms. The van der Waals surface area contributed by atoms with E-state index in [1.807, 2.05) is 31.2 Å². The van der Waals surface area contributed by atoms with Crippen LogP contribution < -0.4 is 0 Å². The standard InChI is InChI=1S/C20H21NO4/c1-14-2-4-15(5-3-14)12-21-18(10-11-19(21)23)20(24)25-13-16-6-8-17(22)9-7-16/h2-9,18,22H,10-13H2,1H3/t18-/m0/s1. The predicted octanol–water partition coefficient (Wildman–Crippen LogP) is 2.94. The molecule has 1 N–H and O–H groups in total. The third-order valence-electron chi connectivity index (χ3n) is 4.39. The van der Waals surface area contributed by atoms with Crippen LogP contribution in [0.15, 0.2) is 48.5 Å². The number of phenols is 1. The summed E-state index contributed by atoms with van der Waals surface area (Å²) in [6.07, 6.45) is 0.851. The van der Waals surface area contributed by atoms with Gasteiger partial charge in [0.25, 0.3) is 0 Å². The number of carbonyl (C=O) groups excluding carboxylic acids is 2. The summed E-state index contributed by atoms with van der Waals surface area (Å²) in [6, 6.07) is 13.9. The van der Waals surface area contributed by atoms with Gasteiger partial charge < -0.3 is 14.7 Å². The lowest BCUT2D eigenvalue weighted by Crippen LogP contribution is -2.39. The van der Waals surface area contributed by atoms with Gasteiger partial charge in [0.05, 0.1) is 0 Å². The number of hydrogen-bond acceptors (Lipinski definition) is 4. The van der Waals surface area contributed by atoms with E-state index in [4.69, 9.17) is 4.74 Å². The van der Waals surface area contributed by atoms with Crippen LogP contribution in [-0.2, 0) is 27.5 Å². The molecule has 1 amide bonds. The van der Waals surface area contributed by atoms with Crippen molar-refractivity contribution in [2.24, 2.45) is 0 Å². The normalized spacial score (nSPS) is 16.9. The third kappa shape index (κ3) is 4.18. The molecule has 0 radical (unpaired) electrons. The number of carbonyl (C=O) groups is 2. The lowest BCUT2D eigenvalue weighted by Gasteiger charge is -2.23. The van der Waals surface area contributed by atoms with Crippen molar-refractivity contribution in [3.8, 4) is 5.75 Å². The number of esters is 1. The van der Waals surface area contributed by atoms with Gasteiger partial charge in [-0.05, 0) is 36.6 Å². The van der Waals surface area contributed by atoms with Crippen LogP contribution in [0.4, 0.5) is 0 Å². The van der Waals surface area contributed by atoms with Gasteiger partial charge in [-0.1, -0.05) is 42.0 Å². The minimum Gasteiger partial charge on any atom is -0.508 e. The Labute approximate surface area is 146 Å². The van der Waals surface area contributed by atoms with E-state index in [1.165, 1.54) is 0 Å². The summed E-state index contributed by atoms with van der Waals surface area (Å²) >= 11 is 0. The van der Waals surface area contributed by atoms with Crippen molar-refractivity contribution in [1.29, 1.82) is 0 Å². The molecule has 1 aliphatic rings. The number of phenolic OH excluding ortho intramolecular Hbond substituents is 1. The fraction of sp³-hybridized carbons (Fsp3) is 0.300. The fourth-order valence-electron chi connectivity index (χ4n) is 2.91. The summed E-state index contributed by atoms with van der Waals surface area (Å²) in [5.41, 5.74) is 2.94. The van der Waals surface area contributed by atoms with Gasteiger partial charge >= 0.3 is 5.97 Å². The molecule has 0 unspecified atom stereocenters. The molecule has 130 valence electrons. The maximum Gasteiger partial charge on any atom is 0.329 e. The van der Waals surface area contributed by atoms with Gasteiger partial charge in [-0.15, -0.1) is 0 Å². The number of benzene rings is 2. The van der Waals surface area contributed by atoms with E-state index >= 15 is 0 Å². The average Bonchev–Trinajstić information content (AvgIpc) is 2.97. The highest BCUT2D eigenvalue weighted by Gasteiger charge is 2.37.